The van der Waals surface area contributed by atoms with Gasteiger partial charge in [-0.05, 0) is 55.7 Å². The van der Waals surface area contributed by atoms with Crippen molar-refractivity contribution in [2.24, 2.45) is 11.8 Å². The van der Waals surface area contributed by atoms with Crippen LogP contribution in [0.15, 0.2) is 24.4 Å². The second-order valence-corrected chi connectivity index (χ2v) is 9.51. The molecule has 0 unspecified atom stereocenters. The van der Waals surface area contributed by atoms with Crippen LogP contribution in [0.2, 0.25) is 0 Å². The number of aryl methyl sites for hydroxylation is 1. The van der Waals surface area contributed by atoms with Gasteiger partial charge in [0.1, 0.15) is 17.3 Å². The van der Waals surface area contributed by atoms with Gasteiger partial charge in [-0.2, -0.15) is 13.2 Å². The molecule has 9 heteroatoms. The van der Waals surface area contributed by atoms with E-state index in [0.717, 1.165) is 19.8 Å². The van der Waals surface area contributed by atoms with Gasteiger partial charge < -0.3 is 15.2 Å². The quantitative estimate of drug-likeness (QED) is 0.565. The predicted octanol–water partition coefficient (Wildman–Crippen LogP) is 4.86. The van der Waals surface area contributed by atoms with E-state index in [2.05, 4.69) is 17.2 Å². The largest absolute Gasteiger partial charge is 0.495 e. The molecule has 0 aliphatic heterocycles. The number of halogens is 3. The Bertz CT molecular complexity index is 995. The van der Waals surface area contributed by atoms with Crippen LogP contribution in [-0.2, 0) is 12.8 Å². The normalized spacial score (nSPS) is 21.8. The third-order valence-electron chi connectivity index (χ3n) is 6.72. The van der Waals surface area contributed by atoms with Gasteiger partial charge in [0.2, 0.25) is 0 Å². The van der Waals surface area contributed by atoms with Crippen molar-refractivity contribution in [3.63, 3.8) is 0 Å². The Balaban J connectivity index is 1.78. The Hall–Kier alpha value is -2.55. The van der Waals surface area contributed by atoms with Gasteiger partial charge in [-0.1, -0.05) is 26.8 Å². The highest BCUT2D eigenvalue weighted by atomic mass is 19.4. The number of rotatable bonds is 8. The summed E-state index contributed by atoms with van der Waals surface area (Å²) in [4.78, 5) is 17.2. The van der Waals surface area contributed by atoms with Crippen LogP contribution in [-0.4, -0.2) is 46.0 Å². The van der Waals surface area contributed by atoms with Gasteiger partial charge in [-0.25, -0.2) is 4.98 Å². The molecule has 1 heterocycles. The molecule has 34 heavy (non-hydrogen) atoms. The fourth-order valence-corrected chi connectivity index (χ4v) is 4.31. The summed E-state index contributed by atoms with van der Waals surface area (Å²) in [5.74, 6) is -0.256. The number of nitrogens with one attached hydrogen (secondary N) is 1. The number of aliphatic hydroxyl groups is 1. The van der Waals surface area contributed by atoms with Crippen LogP contribution in [0.3, 0.4) is 0 Å². The molecule has 1 aliphatic carbocycles. The lowest BCUT2D eigenvalue weighted by Gasteiger charge is -2.34. The molecule has 0 radical (unpaired) electrons. The maximum Gasteiger partial charge on any atom is 0.391 e. The van der Waals surface area contributed by atoms with E-state index in [4.69, 9.17) is 4.74 Å². The van der Waals surface area contributed by atoms with Gasteiger partial charge in [-0.3, -0.25) is 9.36 Å². The number of alkyl halides is 3. The Kier molecular flexibility index (Phi) is 7.95. The Morgan fingerprint density at radius 2 is 2.03 bits per heavy atom. The minimum Gasteiger partial charge on any atom is -0.495 e. The first-order chi connectivity index (χ1) is 16.0. The number of ether oxygens (including phenoxy) is 1. The van der Waals surface area contributed by atoms with E-state index in [1.165, 1.54) is 7.11 Å². The lowest BCUT2D eigenvalue weighted by atomic mass is 9.79. The van der Waals surface area contributed by atoms with Crippen LogP contribution in [0.5, 0.6) is 5.75 Å². The summed E-state index contributed by atoms with van der Waals surface area (Å²) in [6, 6.07) is 4.92. The summed E-state index contributed by atoms with van der Waals surface area (Å²) in [6.45, 7) is 5.39. The number of imidazole rings is 1. The number of aromatic nitrogens is 2. The average molecular weight is 482 g/mol. The summed E-state index contributed by atoms with van der Waals surface area (Å²) in [5.41, 5.74) is 0.414. The molecule has 2 aromatic rings. The van der Waals surface area contributed by atoms with Crippen LogP contribution in [0.25, 0.3) is 5.69 Å². The van der Waals surface area contributed by atoms with Crippen molar-refractivity contribution in [3.8, 4) is 11.4 Å². The topological polar surface area (TPSA) is 76.4 Å². The van der Waals surface area contributed by atoms with Gasteiger partial charge in [0.05, 0.1) is 24.3 Å². The molecule has 2 N–H and O–H groups in total. The van der Waals surface area contributed by atoms with Crippen molar-refractivity contribution < 1.29 is 27.8 Å². The summed E-state index contributed by atoms with van der Waals surface area (Å²) >= 11 is 0. The van der Waals surface area contributed by atoms with Crippen LogP contribution < -0.4 is 10.1 Å². The molecular formula is C25H34F3N3O3. The molecule has 1 aromatic carbocycles. The molecule has 0 saturated heterocycles. The first-order valence-electron chi connectivity index (χ1n) is 11.8. The molecule has 6 nitrogen and oxygen atoms in total. The number of carbonyl (C=O) groups is 1. The SMILES string of the molecule is CCc1nc(C(=O)NCC2(O)CCC(C)CC2)cn1-c1ccc(C[C@@H](C)C(F)(F)F)cc1OC. The van der Waals surface area contributed by atoms with Gasteiger partial charge >= 0.3 is 6.18 Å². The van der Waals surface area contributed by atoms with E-state index in [-0.39, 0.29) is 24.6 Å². The third-order valence-corrected chi connectivity index (χ3v) is 6.72. The average Bonchev–Trinajstić information content (AvgIpc) is 3.23. The van der Waals surface area contributed by atoms with Gasteiger partial charge in [-0.15, -0.1) is 0 Å². The number of hydrogen-bond acceptors (Lipinski definition) is 4. The minimum atomic E-state index is -4.27. The Labute approximate surface area is 198 Å². The van der Waals surface area contributed by atoms with E-state index >= 15 is 0 Å². The molecular weight excluding hydrogens is 447 g/mol. The summed E-state index contributed by atoms with van der Waals surface area (Å²) in [5, 5.41) is 13.6. The maximum absolute atomic E-state index is 13.0. The molecule has 188 valence electrons. The van der Waals surface area contributed by atoms with Crippen LogP contribution >= 0.6 is 0 Å². The molecule has 3 rings (SSSR count). The van der Waals surface area contributed by atoms with Crippen LogP contribution in [0.4, 0.5) is 13.2 Å². The molecule has 1 fully saturated rings. The molecule has 1 atom stereocenters. The monoisotopic (exact) mass is 481 g/mol. The Morgan fingerprint density at radius 1 is 1.35 bits per heavy atom. The van der Waals surface area contributed by atoms with Crippen molar-refractivity contribution in [2.75, 3.05) is 13.7 Å². The smallest absolute Gasteiger partial charge is 0.391 e. The lowest BCUT2D eigenvalue weighted by molar-refractivity contribution is -0.169. The van der Waals surface area contributed by atoms with E-state index in [0.29, 0.717) is 48.0 Å². The van der Waals surface area contributed by atoms with Crippen LogP contribution in [0, 0.1) is 11.8 Å². The molecule has 1 aromatic heterocycles. The fourth-order valence-electron chi connectivity index (χ4n) is 4.31. The zero-order valence-electron chi connectivity index (χ0n) is 20.2. The fraction of sp³-hybridized carbons (Fsp3) is 0.600. The van der Waals surface area contributed by atoms with Crippen LogP contribution in [0.1, 0.15) is 68.3 Å². The molecule has 1 aliphatic rings. The van der Waals surface area contributed by atoms with Crippen molar-refractivity contribution in [2.45, 2.75) is 71.1 Å². The van der Waals surface area contributed by atoms with E-state index in [9.17, 15) is 23.1 Å². The lowest BCUT2D eigenvalue weighted by Crippen LogP contribution is -2.45. The number of amides is 1. The van der Waals surface area contributed by atoms with Gasteiger partial charge in [0.15, 0.2) is 0 Å². The second-order valence-electron chi connectivity index (χ2n) is 9.51. The zero-order chi connectivity index (χ0) is 25.1. The van der Waals surface area contributed by atoms with E-state index < -0.39 is 17.7 Å². The molecule has 0 bridgehead atoms. The Morgan fingerprint density at radius 3 is 2.62 bits per heavy atom. The van der Waals surface area contributed by atoms with Crippen molar-refractivity contribution in [1.29, 1.82) is 0 Å². The number of nitrogens with zero attached hydrogens (tertiary/aromatic N) is 2. The first kappa shape index (κ1) is 26.1. The third kappa shape index (κ3) is 6.11. The van der Waals surface area contributed by atoms with Crippen molar-refractivity contribution >= 4 is 5.91 Å². The standard InChI is InChI=1S/C25H34F3N3O3/c1-5-22-30-19(23(32)29-15-24(33)10-8-16(2)9-11-24)14-31(22)20-7-6-18(13-21(20)34-4)12-17(3)25(26,27)28/h6-7,13-14,16-17,33H,5,8-12,15H2,1-4H3,(H,29,32)/t16?,17-,24?/m1/s1. The van der Waals surface area contributed by atoms with Gasteiger partial charge in [0, 0.05) is 19.2 Å². The van der Waals surface area contributed by atoms with Crippen molar-refractivity contribution in [3.05, 3.63) is 41.5 Å². The highest BCUT2D eigenvalue weighted by molar-refractivity contribution is 5.92. The number of carbonyl (C=O) groups excluding carboxylic acids is 1. The summed E-state index contributed by atoms with van der Waals surface area (Å²) < 4.78 is 46.1. The number of methoxy groups -OCH3 is 1. The van der Waals surface area contributed by atoms with E-state index in [1.54, 1.807) is 29.0 Å². The second kappa shape index (κ2) is 10.4. The van der Waals surface area contributed by atoms with Gasteiger partial charge in [0.25, 0.3) is 5.91 Å². The maximum atomic E-state index is 13.0. The number of hydrogen-bond donors (Lipinski definition) is 2. The van der Waals surface area contributed by atoms with Crippen molar-refractivity contribution in [1.82, 2.24) is 14.9 Å². The predicted molar refractivity (Wildman–Crippen MR) is 123 cm³/mol. The minimum absolute atomic E-state index is 0.153. The number of benzene rings is 1. The highest BCUT2D eigenvalue weighted by Gasteiger charge is 2.36. The first-order valence-corrected chi connectivity index (χ1v) is 11.8. The molecule has 1 amide bonds. The highest BCUT2D eigenvalue weighted by Crippen LogP contribution is 2.33. The van der Waals surface area contributed by atoms with E-state index in [1.807, 2.05) is 6.92 Å². The molecule has 1 saturated carbocycles. The molecule has 0 spiro atoms. The zero-order valence-corrected chi connectivity index (χ0v) is 20.2. The summed E-state index contributed by atoms with van der Waals surface area (Å²) in [7, 11) is 1.46. The summed E-state index contributed by atoms with van der Waals surface area (Å²) in [6.07, 6.45) is 0.870.